The van der Waals surface area contributed by atoms with Crippen LogP contribution in [0.2, 0.25) is 0 Å². The Kier molecular flexibility index (Phi) is 3.22. The standard InChI is InChI=1S/C8H8N4O3S/c13-12(14)8-1-6(4-16-8)2-9-3-7-10-5-15-11-7/h1,4-5,9H,2-3H2. The number of aromatic nitrogens is 2. The van der Waals surface area contributed by atoms with Crippen LogP contribution in [0.3, 0.4) is 0 Å². The van der Waals surface area contributed by atoms with Crippen molar-refractivity contribution in [3.63, 3.8) is 0 Å². The molecule has 7 nitrogen and oxygen atoms in total. The quantitative estimate of drug-likeness (QED) is 0.625. The van der Waals surface area contributed by atoms with E-state index in [4.69, 9.17) is 0 Å². The lowest BCUT2D eigenvalue weighted by Gasteiger charge is -1.97. The summed E-state index contributed by atoms with van der Waals surface area (Å²) in [6, 6.07) is 1.55. The van der Waals surface area contributed by atoms with Crippen molar-refractivity contribution in [2.45, 2.75) is 13.1 Å². The maximum Gasteiger partial charge on any atom is 0.324 e. The molecule has 1 N–H and O–H groups in total. The van der Waals surface area contributed by atoms with Crippen molar-refractivity contribution >= 4 is 16.3 Å². The van der Waals surface area contributed by atoms with Crippen LogP contribution in [0.25, 0.3) is 0 Å². The predicted octanol–water partition coefficient (Wildman–Crippen LogP) is 1.33. The average Bonchev–Trinajstić information content (AvgIpc) is 2.87. The summed E-state index contributed by atoms with van der Waals surface area (Å²) in [7, 11) is 0. The fourth-order valence-corrected chi connectivity index (χ4v) is 1.87. The van der Waals surface area contributed by atoms with Crippen molar-refractivity contribution in [3.8, 4) is 0 Å². The van der Waals surface area contributed by atoms with Gasteiger partial charge in [-0.05, 0) is 5.56 Å². The second kappa shape index (κ2) is 4.81. The SMILES string of the molecule is O=[N+]([O-])c1cc(CNCc2ncon2)cs1. The van der Waals surface area contributed by atoms with Crippen LogP contribution in [-0.2, 0) is 13.1 Å². The van der Waals surface area contributed by atoms with E-state index in [0.717, 1.165) is 16.9 Å². The minimum absolute atomic E-state index is 0.149. The zero-order valence-corrected chi connectivity index (χ0v) is 8.94. The fourth-order valence-electron chi connectivity index (χ4n) is 1.14. The van der Waals surface area contributed by atoms with Crippen LogP contribution in [0.4, 0.5) is 5.00 Å². The Morgan fingerprint density at radius 3 is 3.06 bits per heavy atom. The molecule has 0 radical (unpaired) electrons. The van der Waals surface area contributed by atoms with Crippen molar-refractivity contribution < 1.29 is 9.45 Å². The van der Waals surface area contributed by atoms with E-state index in [-0.39, 0.29) is 5.00 Å². The van der Waals surface area contributed by atoms with Gasteiger partial charge >= 0.3 is 5.00 Å². The average molecular weight is 240 g/mol. The smallest absolute Gasteiger partial charge is 0.324 e. The second-order valence-corrected chi connectivity index (χ2v) is 3.89. The van der Waals surface area contributed by atoms with Gasteiger partial charge in [-0.2, -0.15) is 4.98 Å². The fraction of sp³-hybridized carbons (Fsp3) is 0.250. The number of hydrogen-bond acceptors (Lipinski definition) is 7. The lowest BCUT2D eigenvalue weighted by atomic mass is 10.3. The van der Waals surface area contributed by atoms with E-state index in [9.17, 15) is 10.1 Å². The molecule has 0 aliphatic rings. The zero-order valence-electron chi connectivity index (χ0n) is 8.12. The summed E-state index contributed by atoms with van der Waals surface area (Å²) >= 11 is 1.12. The van der Waals surface area contributed by atoms with Gasteiger partial charge < -0.3 is 9.84 Å². The molecular weight excluding hydrogens is 232 g/mol. The molecule has 0 unspecified atom stereocenters. The van der Waals surface area contributed by atoms with Crippen molar-refractivity contribution in [1.82, 2.24) is 15.5 Å². The topological polar surface area (TPSA) is 94.1 Å². The summed E-state index contributed by atoms with van der Waals surface area (Å²) in [4.78, 5) is 13.9. The Hall–Kier alpha value is -1.80. The molecule has 0 aliphatic heterocycles. The molecule has 0 amide bonds. The molecule has 0 bridgehead atoms. The van der Waals surface area contributed by atoms with Crippen LogP contribution in [-0.4, -0.2) is 15.1 Å². The van der Waals surface area contributed by atoms with Gasteiger partial charge in [-0.1, -0.05) is 16.5 Å². The largest absolute Gasteiger partial charge is 0.343 e. The molecule has 2 rings (SSSR count). The third kappa shape index (κ3) is 2.61. The van der Waals surface area contributed by atoms with Crippen LogP contribution >= 0.6 is 11.3 Å². The van der Waals surface area contributed by atoms with Crippen LogP contribution in [0.15, 0.2) is 22.4 Å². The summed E-state index contributed by atoms with van der Waals surface area (Å²) in [5.74, 6) is 0.560. The zero-order chi connectivity index (χ0) is 11.4. The minimum atomic E-state index is -0.395. The molecule has 16 heavy (non-hydrogen) atoms. The van der Waals surface area contributed by atoms with Gasteiger partial charge in [-0.3, -0.25) is 10.1 Å². The van der Waals surface area contributed by atoms with E-state index in [2.05, 4.69) is 20.0 Å². The van der Waals surface area contributed by atoms with Gasteiger partial charge in [0, 0.05) is 18.0 Å². The van der Waals surface area contributed by atoms with Crippen molar-refractivity contribution in [2.75, 3.05) is 0 Å². The van der Waals surface area contributed by atoms with Gasteiger partial charge in [0.2, 0.25) is 6.39 Å². The first-order valence-electron chi connectivity index (χ1n) is 4.43. The number of thiophene rings is 1. The first kappa shape index (κ1) is 10.7. The third-order valence-electron chi connectivity index (χ3n) is 1.84. The van der Waals surface area contributed by atoms with Gasteiger partial charge in [0.05, 0.1) is 11.5 Å². The van der Waals surface area contributed by atoms with E-state index < -0.39 is 4.92 Å². The second-order valence-electron chi connectivity index (χ2n) is 3.00. The predicted molar refractivity (Wildman–Crippen MR) is 55.8 cm³/mol. The molecule has 0 fully saturated rings. The minimum Gasteiger partial charge on any atom is -0.343 e. The van der Waals surface area contributed by atoms with Gasteiger partial charge in [0.25, 0.3) is 0 Å². The number of nitrogens with one attached hydrogen (secondary N) is 1. The lowest BCUT2D eigenvalue weighted by Crippen LogP contribution is -2.13. The highest BCUT2D eigenvalue weighted by Gasteiger charge is 2.09. The summed E-state index contributed by atoms with van der Waals surface area (Å²) in [6.07, 6.45) is 1.26. The molecule has 2 aromatic heterocycles. The van der Waals surface area contributed by atoms with Crippen molar-refractivity contribution in [2.24, 2.45) is 0 Å². The molecule has 0 aromatic carbocycles. The Morgan fingerprint density at radius 1 is 1.56 bits per heavy atom. The van der Waals surface area contributed by atoms with E-state index in [0.29, 0.717) is 18.9 Å². The van der Waals surface area contributed by atoms with Crippen molar-refractivity contribution in [1.29, 1.82) is 0 Å². The lowest BCUT2D eigenvalue weighted by molar-refractivity contribution is -0.380. The van der Waals surface area contributed by atoms with Gasteiger partial charge in [-0.25, -0.2) is 0 Å². The summed E-state index contributed by atoms with van der Waals surface area (Å²) in [5, 5.41) is 19.0. The molecule has 84 valence electrons. The molecule has 0 atom stereocenters. The third-order valence-corrected chi connectivity index (χ3v) is 2.77. The van der Waals surface area contributed by atoms with E-state index >= 15 is 0 Å². The maximum atomic E-state index is 10.4. The van der Waals surface area contributed by atoms with E-state index in [1.807, 2.05) is 0 Å². The first-order chi connectivity index (χ1) is 7.75. The maximum absolute atomic E-state index is 10.4. The van der Waals surface area contributed by atoms with Crippen LogP contribution in [0.1, 0.15) is 11.4 Å². The number of hydrogen-bond donors (Lipinski definition) is 1. The van der Waals surface area contributed by atoms with Crippen LogP contribution < -0.4 is 5.32 Å². The first-order valence-corrected chi connectivity index (χ1v) is 5.31. The summed E-state index contributed by atoms with van der Waals surface area (Å²) in [5.41, 5.74) is 0.875. The molecule has 2 aromatic rings. The molecule has 0 aliphatic carbocycles. The Bertz CT molecular complexity index is 467. The number of nitrogens with zero attached hydrogens (tertiary/aromatic N) is 3. The van der Waals surface area contributed by atoms with Gasteiger partial charge in [-0.15, -0.1) is 0 Å². The Labute approximate surface area is 94.2 Å². The molecule has 8 heteroatoms. The number of nitro groups is 1. The highest BCUT2D eigenvalue weighted by Crippen LogP contribution is 2.22. The van der Waals surface area contributed by atoms with Gasteiger partial charge in [0.1, 0.15) is 0 Å². The van der Waals surface area contributed by atoms with Crippen molar-refractivity contribution in [3.05, 3.63) is 39.3 Å². The molecule has 0 saturated heterocycles. The Balaban J connectivity index is 1.83. The molecule has 0 saturated carbocycles. The normalized spacial score (nSPS) is 10.5. The van der Waals surface area contributed by atoms with Gasteiger partial charge in [0.15, 0.2) is 5.82 Å². The summed E-state index contributed by atoms with van der Waals surface area (Å²) in [6.45, 7) is 1.01. The Morgan fingerprint density at radius 2 is 2.44 bits per heavy atom. The number of rotatable bonds is 5. The van der Waals surface area contributed by atoms with E-state index in [1.165, 1.54) is 6.39 Å². The monoisotopic (exact) mass is 240 g/mol. The van der Waals surface area contributed by atoms with Crippen LogP contribution in [0, 0.1) is 10.1 Å². The summed E-state index contributed by atoms with van der Waals surface area (Å²) < 4.78 is 4.56. The molecule has 2 heterocycles. The highest BCUT2D eigenvalue weighted by atomic mass is 32.1. The van der Waals surface area contributed by atoms with Crippen LogP contribution in [0.5, 0.6) is 0 Å². The molecular formula is C8H8N4O3S. The van der Waals surface area contributed by atoms with E-state index in [1.54, 1.807) is 11.4 Å². The molecule has 0 spiro atoms. The highest BCUT2D eigenvalue weighted by molar-refractivity contribution is 7.13.